The number of halogens is 4. The maximum absolute atomic E-state index is 13.0. The second-order valence-corrected chi connectivity index (χ2v) is 8.41. The smallest absolute Gasteiger partial charge is 0.387 e. The number of ether oxygens (including phenoxy) is 3. The largest absolute Gasteiger partial charge is 0.472 e. The Kier molecular flexibility index (Phi) is 8.15. The van der Waals surface area contributed by atoms with Gasteiger partial charge in [0.25, 0.3) is 0 Å². The lowest BCUT2D eigenvalue weighted by Gasteiger charge is -2.20. The molecule has 4 rings (SSSR count). The summed E-state index contributed by atoms with van der Waals surface area (Å²) in [7, 11) is 0. The number of benzene rings is 1. The van der Waals surface area contributed by atoms with Crippen molar-refractivity contribution in [2.75, 3.05) is 0 Å². The summed E-state index contributed by atoms with van der Waals surface area (Å²) < 4.78 is 66.0. The van der Waals surface area contributed by atoms with Gasteiger partial charge in [-0.2, -0.15) is 17.6 Å². The van der Waals surface area contributed by atoms with Gasteiger partial charge >= 0.3 is 13.2 Å². The Hall–Kier alpha value is -3.66. The lowest BCUT2D eigenvalue weighted by molar-refractivity contribution is -0.0692. The number of rotatable bonds is 11. The van der Waals surface area contributed by atoms with E-state index in [1.165, 1.54) is 12.1 Å². The van der Waals surface area contributed by atoms with E-state index in [2.05, 4.69) is 19.4 Å². The van der Waals surface area contributed by atoms with Crippen molar-refractivity contribution in [1.29, 1.82) is 0 Å². The fourth-order valence-corrected chi connectivity index (χ4v) is 4.14. The van der Waals surface area contributed by atoms with Crippen molar-refractivity contribution < 1.29 is 31.8 Å². The van der Waals surface area contributed by atoms with Crippen LogP contribution in [-0.2, 0) is 13.0 Å². The SMILES string of the molecule is FC(F)Oc1ccc(C(Cc2ccncc2)c2ccc(OCc3cccs3)nc2)cc1OC(F)F. The Morgan fingerprint density at radius 1 is 0.829 bits per heavy atom. The van der Waals surface area contributed by atoms with E-state index in [1.807, 2.05) is 35.7 Å². The molecule has 1 aromatic carbocycles. The summed E-state index contributed by atoms with van der Waals surface area (Å²) in [6, 6.07) is 15.2. The highest BCUT2D eigenvalue weighted by molar-refractivity contribution is 7.09. The van der Waals surface area contributed by atoms with Gasteiger partial charge in [0.2, 0.25) is 5.88 Å². The molecule has 0 bridgehead atoms. The third kappa shape index (κ3) is 6.92. The van der Waals surface area contributed by atoms with Gasteiger partial charge in [-0.25, -0.2) is 4.98 Å². The number of thiophene rings is 1. The molecular formula is C25H20F4N2O3S. The van der Waals surface area contributed by atoms with Crippen molar-refractivity contribution in [3.8, 4) is 17.4 Å². The first kappa shape index (κ1) is 24.5. The summed E-state index contributed by atoms with van der Waals surface area (Å²) in [4.78, 5) is 9.47. The highest BCUT2D eigenvalue weighted by Crippen LogP contribution is 2.37. The average molecular weight is 505 g/mol. The van der Waals surface area contributed by atoms with Crippen LogP contribution in [0.1, 0.15) is 27.5 Å². The normalized spacial score (nSPS) is 12.1. The molecule has 0 aliphatic carbocycles. The minimum atomic E-state index is -3.20. The van der Waals surface area contributed by atoms with E-state index in [1.54, 1.807) is 42.1 Å². The molecule has 10 heteroatoms. The number of aromatic nitrogens is 2. The monoisotopic (exact) mass is 504 g/mol. The van der Waals surface area contributed by atoms with Crippen molar-refractivity contribution in [2.45, 2.75) is 32.2 Å². The standard InChI is InChI=1S/C25H20F4N2O3S/c26-24(27)33-21-5-3-17(13-22(21)34-25(28)29)20(12-16-7-9-30-10-8-16)18-4-6-23(31-14-18)32-15-19-2-1-11-35-19/h1-11,13-14,20,24-25H,12,15H2. The van der Waals surface area contributed by atoms with Gasteiger partial charge < -0.3 is 14.2 Å². The van der Waals surface area contributed by atoms with Crippen LogP contribution in [0.15, 0.2) is 78.6 Å². The van der Waals surface area contributed by atoms with E-state index in [0.29, 0.717) is 24.5 Å². The molecule has 0 fully saturated rings. The Bertz CT molecular complexity index is 1190. The Morgan fingerprint density at radius 2 is 1.57 bits per heavy atom. The third-order valence-corrected chi connectivity index (χ3v) is 5.95. The Labute approximate surface area is 203 Å². The predicted octanol–water partition coefficient (Wildman–Crippen LogP) is 6.69. The summed E-state index contributed by atoms with van der Waals surface area (Å²) in [5, 5.41) is 1.96. The number of hydrogen-bond acceptors (Lipinski definition) is 6. The first-order valence-electron chi connectivity index (χ1n) is 10.5. The molecule has 0 radical (unpaired) electrons. The molecule has 35 heavy (non-hydrogen) atoms. The summed E-state index contributed by atoms with van der Waals surface area (Å²) >= 11 is 1.58. The van der Waals surface area contributed by atoms with Gasteiger partial charge in [0.05, 0.1) is 0 Å². The van der Waals surface area contributed by atoms with Crippen LogP contribution >= 0.6 is 11.3 Å². The fraction of sp³-hybridized carbons (Fsp3) is 0.200. The molecule has 0 aliphatic rings. The first-order valence-corrected chi connectivity index (χ1v) is 11.4. The lowest BCUT2D eigenvalue weighted by Crippen LogP contribution is -2.10. The zero-order valence-corrected chi connectivity index (χ0v) is 19.0. The van der Waals surface area contributed by atoms with E-state index in [0.717, 1.165) is 16.0 Å². The third-order valence-electron chi connectivity index (χ3n) is 5.10. The summed E-state index contributed by atoms with van der Waals surface area (Å²) in [5.41, 5.74) is 2.27. The van der Waals surface area contributed by atoms with E-state index in [4.69, 9.17) is 4.74 Å². The molecule has 0 spiro atoms. The van der Waals surface area contributed by atoms with Crippen LogP contribution in [0.2, 0.25) is 0 Å². The molecule has 0 saturated heterocycles. The maximum atomic E-state index is 13.0. The first-order chi connectivity index (χ1) is 17.0. The van der Waals surface area contributed by atoms with E-state index >= 15 is 0 Å². The average Bonchev–Trinajstić information content (AvgIpc) is 3.37. The summed E-state index contributed by atoms with van der Waals surface area (Å²) in [6.07, 6.45) is 5.42. The lowest BCUT2D eigenvalue weighted by atomic mass is 9.87. The van der Waals surface area contributed by atoms with Gasteiger partial charge in [0.15, 0.2) is 11.5 Å². The van der Waals surface area contributed by atoms with Gasteiger partial charge in [-0.3, -0.25) is 4.98 Å². The van der Waals surface area contributed by atoms with Gasteiger partial charge in [-0.1, -0.05) is 18.2 Å². The molecule has 182 valence electrons. The van der Waals surface area contributed by atoms with Crippen molar-refractivity contribution in [3.63, 3.8) is 0 Å². The van der Waals surface area contributed by atoms with Crippen LogP contribution < -0.4 is 14.2 Å². The van der Waals surface area contributed by atoms with Gasteiger partial charge in [-0.15, -0.1) is 11.3 Å². The molecular weight excluding hydrogens is 484 g/mol. The molecule has 4 aromatic rings. The Balaban J connectivity index is 1.63. The van der Waals surface area contributed by atoms with Crippen LogP contribution in [-0.4, -0.2) is 23.2 Å². The van der Waals surface area contributed by atoms with Crippen LogP contribution in [0.25, 0.3) is 0 Å². The van der Waals surface area contributed by atoms with Crippen LogP contribution in [0.4, 0.5) is 17.6 Å². The molecule has 3 heterocycles. The van der Waals surface area contributed by atoms with Crippen molar-refractivity contribution in [2.24, 2.45) is 0 Å². The van der Waals surface area contributed by atoms with Crippen molar-refractivity contribution in [1.82, 2.24) is 9.97 Å². The number of pyridine rings is 2. The highest BCUT2D eigenvalue weighted by atomic mass is 32.1. The molecule has 1 atom stereocenters. The van der Waals surface area contributed by atoms with Gasteiger partial charge in [-0.05, 0) is 58.8 Å². The Morgan fingerprint density at radius 3 is 2.23 bits per heavy atom. The number of hydrogen-bond donors (Lipinski definition) is 0. The molecule has 0 aliphatic heterocycles. The minimum Gasteiger partial charge on any atom is -0.472 e. The molecule has 1 unspecified atom stereocenters. The molecule has 0 N–H and O–H groups in total. The molecule has 3 aromatic heterocycles. The van der Waals surface area contributed by atoms with Crippen LogP contribution in [0, 0.1) is 0 Å². The second kappa shape index (κ2) is 11.7. The summed E-state index contributed by atoms with van der Waals surface area (Å²) in [6.45, 7) is -5.99. The quantitative estimate of drug-likeness (QED) is 0.213. The second-order valence-electron chi connectivity index (χ2n) is 7.37. The summed E-state index contributed by atoms with van der Waals surface area (Å²) in [5.74, 6) is -0.854. The zero-order chi connectivity index (χ0) is 24.6. The fourth-order valence-electron chi connectivity index (χ4n) is 3.53. The van der Waals surface area contributed by atoms with E-state index in [-0.39, 0.29) is 5.92 Å². The van der Waals surface area contributed by atoms with E-state index in [9.17, 15) is 17.6 Å². The number of alkyl halides is 4. The zero-order valence-electron chi connectivity index (χ0n) is 18.2. The topological polar surface area (TPSA) is 53.5 Å². The molecule has 5 nitrogen and oxygen atoms in total. The highest BCUT2D eigenvalue weighted by Gasteiger charge is 2.21. The maximum Gasteiger partial charge on any atom is 0.387 e. The predicted molar refractivity (Wildman–Crippen MR) is 122 cm³/mol. The van der Waals surface area contributed by atoms with E-state index < -0.39 is 24.7 Å². The van der Waals surface area contributed by atoms with Gasteiger partial charge in [0.1, 0.15) is 6.61 Å². The molecule has 0 amide bonds. The molecule has 0 saturated carbocycles. The minimum absolute atomic E-state index is 0.350. The van der Waals surface area contributed by atoms with Crippen LogP contribution in [0.5, 0.6) is 17.4 Å². The number of nitrogens with zero attached hydrogens (tertiary/aromatic N) is 2. The van der Waals surface area contributed by atoms with Crippen molar-refractivity contribution in [3.05, 3.63) is 100 Å². The van der Waals surface area contributed by atoms with Crippen LogP contribution in [0.3, 0.4) is 0 Å². The van der Waals surface area contributed by atoms with Crippen molar-refractivity contribution >= 4 is 11.3 Å². The van der Waals surface area contributed by atoms with Gasteiger partial charge in [0, 0.05) is 35.5 Å².